The molecular formula is C11H19N3. The number of nitrogens with one attached hydrogen (secondary N) is 1. The van der Waals surface area contributed by atoms with Crippen LogP contribution >= 0.6 is 0 Å². The maximum absolute atomic E-state index is 5.41. The zero-order valence-corrected chi connectivity index (χ0v) is 8.58. The number of nitrogens with two attached hydrogens (primary N) is 1. The smallest absolute Gasteiger partial charge is 0.125 e. The van der Waals surface area contributed by atoms with E-state index in [0.717, 1.165) is 25.3 Å². The Hall–Kier alpha value is -1.09. The summed E-state index contributed by atoms with van der Waals surface area (Å²) in [6.45, 7) is 1.81. The van der Waals surface area contributed by atoms with Crippen molar-refractivity contribution in [1.29, 1.82) is 0 Å². The van der Waals surface area contributed by atoms with Crippen molar-refractivity contribution in [1.82, 2.24) is 4.98 Å². The number of rotatable bonds is 7. The van der Waals surface area contributed by atoms with Crippen LogP contribution in [-0.4, -0.2) is 18.1 Å². The Labute approximate surface area is 85.7 Å². The van der Waals surface area contributed by atoms with E-state index in [1.807, 2.05) is 18.2 Å². The molecule has 0 aliphatic heterocycles. The molecule has 0 unspecified atom stereocenters. The molecule has 0 bridgehead atoms. The predicted molar refractivity (Wildman–Crippen MR) is 60.2 cm³/mol. The second-order valence-electron chi connectivity index (χ2n) is 3.34. The maximum Gasteiger partial charge on any atom is 0.125 e. The minimum atomic E-state index is 0.813. The Balaban J connectivity index is 1.99. The third-order valence-electron chi connectivity index (χ3n) is 2.10. The van der Waals surface area contributed by atoms with Gasteiger partial charge in [-0.15, -0.1) is 0 Å². The zero-order chi connectivity index (χ0) is 10.1. The highest BCUT2D eigenvalue weighted by atomic mass is 15.0. The van der Waals surface area contributed by atoms with Crippen LogP contribution in [0.4, 0.5) is 5.82 Å². The molecule has 1 aromatic rings. The molecule has 1 heterocycles. The van der Waals surface area contributed by atoms with Crippen LogP contribution in [0.2, 0.25) is 0 Å². The number of hydrogen-bond acceptors (Lipinski definition) is 3. The van der Waals surface area contributed by atoms with Crippen molar-refractivity contribution in [2.45, 2.75) is 25.7 Å². The molecule has 1 aromatic heterocycles. The lowest BCUT2D eigenvalue weighted by atomic mass is 10.2. The second-order valence-corrected chi connectivity index (χ2v) is 3.34. The molecule has 0 radical (unpaired) electrons. The topological polar surface area (TPSA) is 50.9 Å². The van der Waals surface area contributed by atoms with E-state index in [-0.39, 0.29) is 0 Å². The summed E-state index contributed by atoms with van der Waals surface area (Å²) in [5, 5.41) is 3.28. The minimum absolute atomic E-state index is 0.813. The van der Waals surface area contributed by atoms with Crippen molar-refractivity contribution >= 4 is 5.82 Å². The molecule has 0 spiro atoms. The van der Waals surface area contributed by atoms with E-state index in [1.54, 1.807) is 6.20 Å². The van der Waals surface area contributed by atoms with Crippen molar-refractivity contribution < 1.29 is 0 Å². The summed E-state index contributed by atoms with van der Waals surface area (Å²) in [4.78, 5) is 4.18. The summed E-state index contributed by atoms with van der Waals surface area (Å²) in [6.07, 6.45) is 6.62. The van der Waals surface area contributed by atoms with Gasteiger partial charge in [-0.3, -0.25) is 0 Å². The van der Waals surface area contributed by atoms with Crippen LogP contribution in [-0.2, 0) is 0 Å². The first-order chi connectivity index (χ1) is 6.93. The van der Waals surface area contributed by atoms with Crippen LogP contribution in [0.25, 0.3) is 0 Å². The van der Waals surface area contributed by atoms with Crippen LogP contribution in [0.15, 0.2) is 24.4 Å². The number of anilines is 1. The first-order valence-corrected chi connectivity index (χ1v) is 5.28. The number of unbranched alkanes of at least 4 members (excludes halogenated alkanes) is 3. The maximum atomic E-state index is 5.41. The zero-order valence-electron chi connectivity index (χ0n) is 8.58. The highest BCUT2D eigenvalue weighted by molar-refractivity contribution is 5.32. The largest absolute Gasteiger partial charge is 0.370 e. The minimum Gasteiger partial charge on any atom is -0.370 e. The van der Waals surface area contributed by atoms with Gasteiger partial charge in [-0.1, -0.05) is 18.9 Å². The van der Waals surface area contributed by atoms with Crippen LogP contribution in [0, 0.1) is 0 Å². The van der Waals surface area contributed by atoms with Gasteiger partial charge in [0.15, 0.2) is 0 Å². The molecule has 3 N–H and O–H groups in total. The van der Waals surface area contributed by atoms with Crippen LogP contribution in [0.5, 0.6) is 0 Å². The Bertz CT molecular complexity index is 223. The third-order valence-corrected chi connectivity index (χ3v) is 2.10. The van der Waals surface area contributed by atoms with Crippen molar-refractivity contribution in [2.24, 2.45) is 5.73 Å². The van der Waals surface area contributed by atoms with Crippen molar-refractivity contribution in [3.63, 3.8) is 0 Å². The quantitative estimate of drug-likeness (QED) is 0.651. The number of nitrogens with zero attached hydrogens (tertiary/aromatic N) is 1. The normalized spacial score (nSPS) is 10.1. The van der Waals surface area contributed by atoms with Gasteiger partial charge >= 0.3 is 0 Å². The lowest BCUT2D eigenvalue weighted by molar-refractivity contribution is 0.661. The molecular weight excluding hydrogens is 174 g/mol. The van der Waals surface area contributed by atoms with Crippen molar-refractivity contribution in [2.75, 3.05) is 18.4 Å². The van der Waals surface area contributed by atoms with Gasteiger partial charge in [0, 0.05) is 12.7 Å². The molecule has 14 heavy (non-hydrogen) atoms. The first kappa shape index (κ1) is 11.0. The summed E-state index contributed by atoms with van der Waals surface area (Å²) in [6, 6.07) is 5.90. The monoisotopic (exact) mass is 193 g/mol. The fraction of sp³-hybridized carbons (Fsp3) is 0.545. The fourth-order valence-corrected chi connectivity index (χ4v) is 1.31. The van der Waals surface area contributed by atoms with Gasteiger partial charge in [-0.05, 0) is 31.5 Å². The van der Waals surface area contributed by atoms with Gasteiger partial charge in [0.25, 0.3) is 0 Å². The molecule has 1 rings (SSSR count). The van der Waals surface area contributed by atoms with Gasteiger partial charge in [0.2, 0.25) is 0 Å². The molecule has 3 heteroatoms. The molecule has 0 atom stereocenters. The molecule has 0 aliphatic rings. The Morgan fingerprint density at radius 2 is 2.00 bits per heavy atom. The van der Waals surface area contributed by atoms with Gasteiger partial charge in [0.1, 0.15) is 5.82 Å². The summed E-state index contributed by atoms with van der Waals surface area (Å²) in [5.74, 6) is 0.964. The highest BCUT2D eigenvalue weighted by Gasteiger charge is 1.91. The van der Waals surface area contributed by atoms with E-state index in [1.165, 1.54) is 19.3 Å². The Kier molecular flexibility index (Phi) is 5.75. The lowest BCUT2D eigenvalue weighted by Gasteiger charge is -2.04. The number of pyridine rings is 1. The Morgan fingerprint density at radius 3 is 2.71 bits per heavy atom. The van der Waals surface area contributed by atoms with Gasteiger partial charge in [-0.25, -0.2) is 4.98 Å². The summed E-state index contributed by atoms with van der Waals surface area (Å²) in [7, 11) is 0. The van der Waals surface area contributed by atoms with E-state index < -0.39 is 0 Å². The predicted octanol–water partition coefficient (Wildman–Crippen LogP) is 2.01. The van der Waals surface area contributed by atoms with Crippen molar-refractivity contribution in [3.05, 3.63) is 24.4 Å². The van der Waals surface area contributed by atoms with Gasteiger partial charge in [0.05, 0.1) is 0 Å². The van der Waals surface area contributed by atoms with Gasteiger partial charge in [-0.2, -0.15) is 0 Å². The van der Waals surface area contributed by atoms with Crippen LogP contribution < -0.4 is 11.1 Å². The number of aromatic nitrogens is 1. The van der Waals surface area contributed by atoms with E-state index in [0.29, 0.717) is 0 Å². The van der Waals surface area contributed by atoms with Gasteiger partial charge < -0.3 is 11.1 Å². The average Bonchev–Trinajstić information content (AvgIpc) is 2.25. The summed E-state index contributed by atoms with van der Waals surface area (Å²) in [5.41, 5.74) is 5.41. The highest BCUT2D eigenvalue weighted by Crippen LogP contribution is 2.02. The van der Waals surface area contributed by atoms with Crippen LogP contribution in [0.1, 0.15) is 25.7 Å². The molecule has 0 fully saturated rings. The fourth-order valence-electron chi connectivity index (χ4n) is 1.31. The molecule has 0 aliphatic carbocycles. The SMILES string of the molecule is NCCCCCCNc1ccccn1. The summed E-state index contributed by atoms with van der Waals surface area (Å²) >= 11 is 0. The van der Waals surface area contributed by atoms with E-state index >= 15 is 0 Å². The molecule has 78 valence electrons. The first-order valence-electron chi connectivity index (χ1n) is 5.28. The summed E-state index contributed by atoms with van der Waals surface area (Å²) < 4.78 is 0. The molecule has 0 saturated carbocycles. The van der Waals surface area contributed by atoms with E-state index in [4.69, 9.17) is 5.73 Å². The average molecular weight is 193 g/mol. The molecule has 3 nitrogen and oxygen atoms in total. The standard InChI is InChI=1S/C11H19N3/c12-8-4-1-2-5-9-13-11-7-3-6-10-14-11/h3,6-7,10H,1-2,4-5,8-9,12H2,(H,13,14). The van der Waals surface area contributed by atoms with E-state index in [2.05, 4.69) is 10.3 Å². The Morgan fingerprint density at radius 1 is 1.14 bits per heavy atom. The lowest BCUT2D eigenvalue weighted by Crippen LogP contribution is -2.03. The van der Waals surface area contributed by atoms with Crippen LogP contribution in [0.3, 0.4) is 0 Å². The van der Waals surface area contributed by atoms with E-state index in [9.17, 15) is 0 Å². The molecule has 0 amide bonds. The third kappa shape index (κ3) is 4.82. The molecule has 0 aromatic carbocycles. The molecule has 0 saturated heterocycles. The second kappa shape index (κ2) is 7.33. The number of hydrogen-bond donors (Lipinski definition) is 2. The van der Waals surface area contributed by atoms with Crippen molar-refractivity contribution in [3.8, 4) is 0 Å².